The molecule has 0 amide bonds. The molecule has 2 N–H and O–H groups in total. The minimum atomic E-state index is -0.154. The first-order valence-corrected chi connectivity index (χ1v) is 7.58. The van der Waals surface area contributed by atoms with E-state index in [1.165, 1.54) is 4.88 Å². The van der Waals surface area contributed by atoms with Crippen LogP contribution in [0.3, 0.4) is 0 Å². The second-order valence-electron chi connectivity index (χ2n) is 5.10. The number of hydrogen-bond donors (Lipinski definition) is 1. The lowest BCUT2D eigenvalue weighted by molar-refractivity contribution is 0.0217. The number of nitrogens with zero attached hydrogens (tertiary/aromatic N) is 2. The van der Waals surface area contributed by atoms with Crippen molar-refractivity contribution in [1.29, 1.82) is 0 Å². The number of aromatic nitrogens is 2. The number of nitrogens with two attached hydrogens (primary N) is 1. The second kappa shape index (κ2) is 5.93. The smallest absolute Gasteiger partial charge is 0.261 e. The van der Waals surface area contributed by atoms with Crippen molar-refractivity contribution in [2.75, 3.05) is 12.3 Å². The van der Waals surface area contributed by atoms with Crippen LogP contribution in [0.1, 0.15) is 43.1 Å². The monoisotopic (exact) mass is 295 g/mol. The highest BCUT2D eigenvalue weighted by molar-refractivity contribution is 7.16. The molecule has 2 rings (SSSR count). The van der Waals surface area contributed by atoms with E-state index in [9.17, 15) is 0 Å². The third kappa shape index (κ3) is 2.71. The minimum Gasteiger partial charge on any atom is -0.390 e. The molecule has 0 spiro atoms. The fourth-order valence-corrected chi connectivity index (χ4v) is 3.04. The van der Waals surface area contributed by atoms with Crippen LogP contribution in [0.2, 0.25) is 0 Å². The Morgan fingerprint density at radius 2 is 2.05 bits per heavy atom. The van der Waals surface area contributed by atoms with Crippen LogP contribution < -0.4 is 5.73 Å². The zero-order valence-corrected chi connectivity index (χ0v) is 13.4. The van der Waals surface area contributed by atoms with Gasteiger partial charge in [-0.05, 0) is 32.3 Å². The Balaban J connectivity index is 2.37. The quantitative estimate of drug-likeness (QED) is 0.909. The molecule has 1 unspecified atom stereocenters. The molecular weight excluding hydrogens is 274 g/mol. The highest BCUT2D eigenvalue weighted by Crippen LogP contribution is 2.37. The van der Waals surface area contributed by atoms with E-state index in [0.29, 0.717) is 23.3 Å². The Labute approximate surface area is 123 Å². The van der Waals surface area contributed by atoms with E-state index in [4.69, 9.17) is 15.0 Å². The van der Waals surface area contributed by atoms with Crippen LogP contribution in [-0.2, 0) is 4.74 Å². The van der Waals surface area contributed by atoms with E-state index in [1.54, 1.807) is 11.3 Å². The molecule has 2 heterocycles. The number of aryl methyl sites for hydroxylation is 1. The first-order chi connectivity index (χ1) is 9.45. The Morgan fingerprint density at radius 3 is 2.55 bits per heavy atom. The first-order valence-electron chi connectivity index (χ1n) is 6.76. The van der Waals surface area contributed by atoms with E-state index >= 15 is 0 Å². The average molecular weight is 295 g/mol. The summed E-state index contributed by atoms with van der Waals surface area (Å²) in [5.74, 6) is 1.34. The summed E-state index contributed by atoms with van der Waals surface area (Å²) in [6, 6.07) is 0. The molecule has 6 heteroatoms. The molecule has 0 radical (unpaired) electrons. The van der Waals surface area contributed by atoms with Crippen molar-refractivity contribution in [2.45, 2.75) is 40.7 Å². The Morgan fingerprint density at radius 1 is 1.35 bits per heavy atom. The van der Waals surface area contributed by atoms with Gasteiger partial charge in [-0.15, -0.1) is 11.3 Å². The van der Waals surface area contributed by atoms with Crippen LogP contribution >= 0.6 is 11.3 Å². The number of thiophene rings is 1. The summed E-state index contributed by atoms with van der Waals surface area (Å²) in [5.41, 5.74) is 7.99. The van der Waals surface area contributed by atoms with Crippen molar-refractivity contribution in [2.24, 2.45) is 5.92 Å². The van der Waals surface area contributed by atoms with Gasteiger partial charge in [0.05, 0.1) is 10.6 Å². The van der Waals surface area contributed by atoms with Gasteiger partial charge in [-0.1, -0.05) is 19.0 Å². The zero-order chi connectivity index (χ0) is 14.9. The van der Waals surface area contributed by atoms with Crippen molar-refractivity contribution in [3.8, 4) is 11.5 Å². The van der Waals surface area contributed by atoms with Crippen LogP contribution in [0.4, 0.5) is 5.00 Å². The number of rotatable bonds is 5. The topological polar surface area (TPSA) is 74.2 Å². The lowest BCUT2D eigenvalue weighted by Crippen LogP contribution is -2.12. The van der Waals surface area contributed by atoms with Crippen molar-refractivity contribution in [3.63, 3.8) is 0 Å². The van der Waals surface area contributed by atoms with Gasteiger partial charge < -0.3 is 15.0 Å². The maximum absolute atomic E-state index is 6.04. The van der Waals surface area contributed by atoms with Gasteiger partial charge in [0.15, 0.2) is 0 Å². The van der Waals surface area contributed by atoms with Crippen LogP contribution in [0.25, 0.3) is 11.5 Å². The molecule has 110 valence electrons. The Kier molecular flexibility index (Phi) is 4.45. The third-order valence-electron chi connectivity index (χ3n) is 3.27. The predicted octanol–water partition coefficient (Wildman–Crippen LogP) is 3.73. The van der Waals surface area contributed by atoms with Gasteiger partial charge in [-0.25, -0.2) is 0 Å². The van der Waals surface area contributed by atoms with Crippen molar-refractivity contribution < 1.29 is 9.26 Å². The molecule has 0 saturated carbocycles. The number of nitrogen functional groups attached to an aromatic ring is 1. The van der Waals surface area contributed by atoms with E-state index in [2.05, 4.69) is 24.0 Å². The maximum Gasteiger partial charge on any atom is 0.261 e. The summed E-state index contributed by atoms with van der Waals surface area (Å²) >= 11 is 1.54. The van der Waals surface area contributed by atoms with Gasteiger partial charge in [0.25, 0.3) is 5.89 Å². The van der Waals surface area contributed by atoms with E-state index < -0.39 is 0 Å². The van der Waals surface area contributed by atoms with Crippen LogP contribution in [0.15, 0.2) is 4.52 Å². The summed E-state index contributed by atoms with van der Waals surface area (Å²) in [7, 11) is 0. The molecule has 0 fully saturated rings. The van der Waals surface area contributed by atoms with Gasteiger partial charge in [0.2, 0.25) is 5.82 Å². The molecule has 1 atom stereocenters. The summed E-state index contributed by atoms with van der Waals surface area (Å²) in [6.45, 7) is 10.8. The van der Waals surface area contributed by atoms with Crippen molar-refractivity contribution in [3.05, 3.63) is 16.3 Å². The standard InChI is InChI=1S/C14H21N3O2S/c1-6-18-11(7(2)3)13-16-14(19-17-13)10-8(4)9(5)20-12(10)15/h7,11H,6,15H2,1-5H3. The number of ether oxygens (including phenoxy) is 1. The molecule has 2 aromatic heterocycles. The van der Waals surface area contributed by atoms with Gasteiger partial charge in [0.1, 0.15) is 6.10 Å². The van der Waals surface area contributed by atoms with Gasteiger partial charge in [-0.3, -0.25) is 0 Å². The molecule has 20 heavy (non-hydrogen) atoms. The highest BCUT2D eigenvalue weighted by atomic mass is 32.1. The molecule has 0 saturated heterocycles. The maximum atomic E-state index is 6.04. The summed E-state index contributed by atoms with van der Waals surface area (Å²) in [6.07, 6.45) is -0.154. The normalized spacial score (nSPS) is 13.1. The van der Waals surface area contributed by atoms with E-state index in [-0.39, 0.29) is 12.0 Å². The Bertz CT molecular complexity index is 589. The molecule has 2 aromatic rings. The summed E-state index contributed by atoms with van der Waals surface area (Å²) in [4.78, 5) is 5.65. The molecule has 0 aliphatic heterocycles. The van der Waals surface area contributed by atoms with Crippen LogP contribution in [-0.4, -0.2) is 16.7 Å². The largest absolute Gasteiger partial charge is 0.390 e. The average Bonchev–Trinajstić information content (AvgIpc) is 2.92. The second-order valence-corrected chi connectivity index (χ2v) is 6.36. The fourth-order valence-electron chi connectivity index (χ4n) is 2.12. The number of anilines is 1. The first kappa shape index (κ1) is 15.0. The predicted molar refractivity (Wildman–Crippen MR) is 80.7 cm³/mol. The van der Waals surface area contributed by atoms with Crippen molar-refractivity contribution >= 4 is 16.3 Å². The Hall–Kier alpha value is -1.40. The molecular formula is C14H21N3O2S. The molecule has 0 aliphatic rings. The molecule has 0 aliphatic carbocycles. The summed E-state index contributed by atoms with van der Waals surface area (Å²) < 4.78 is 11.1. The number of hydrogen-bond acceptors (Lipinski definition) is 6. The van der Waals surface area contributed by atoms with Crippen molar-refractivity contribution in [1.82, 2.24) is 10.1 Å². The van der Waals surface area contributed by atoms with Gasteiger partial charge >= 0.3 is 0 Å². The fraction of sp³-hybridized carbons (Fsp3) is 0.571. The SMILES string of the molecule is CCOC(c1noc(-c2c(N)sc(C)c2C)n1)C(C)C. The van der Waals surface area contributed by atoms with Gasteiger partial charge in [0, 0.05) is 11.5 Å². The van der Waals surface area contributed by atoms with Crippen LogP contribution in [0, 0.1) is 19.8 Å². The van der Waals surface area contributed by atoms with Gasteiger partial charge in [-0.2, -0.15) is 4.98 Å². The lowest BCUT2D eigenvalue weighted by atomic mass is 10.1. The van der Waals surface area contributed by atoms with E-state index in [1.807, 2.05) is 20.8 Å². The summed E-state index contributed by atoms with van der Waals surface area (Å²) in [5, 5.41) is 4.78. The van der Waals surface area contributed by atoms with E-state index in [0.717, 1.165) is 11.1 Å². The van der Waals surface area contributed by atoms with Crippen LogP contribution in [0.5, 0.6) is 0 Å². The zero-order valence-electron chi connectivity index (χ0n) is 12.6. The third-order valence-corrected chi connectivity index (χ3v) is 4.31. The lowest BCUT2D eigenvalue weighted by Gasteiger charge is -2.16. The minimum absolute atomic E-state index is 0.154. The molecule has 0 aromatic carbocycles. The molecule has 5 nitrogen and oxygen atoms in total. The molecule has 0 bridgehead atoms. The highest BCUT2D eigenvalue weighted by Gasteiger charge is 2.24.